The third-order valence-electron chi connectivity index (χ3n) is 8.57. The summed E-state index contributed by atoms with van der Waals surface area (Å²) in [5.74, 6) is -1.27. The monoisotopic (exact) mass is 563 g/mol. The maximum Gasteiger partial charge on any atom is 0.411 e. The average molecular weight is 564 g/mol. The molecule has 1 atom stereocenters. The summed E-state index contributed by atoms with van der Waals surface area (Å²) in [7, 11) is 2.02. The second kappa shape index (κ2) is 11.4. The highest BCUT2D eigenvalue weighted by Crippen LogP contribution is 2.45. The maximum atomic E-state index is 14.1. The molecule has 2 aromatic rings. The van der Waals surface area contributed by atoms with Gasteiger partial charge in [0.15, 0.2) is 5.54 Å². The number of carboxylic acids is 1. The van der Waals surface area contributed by atoms with Crippen LogP contribution in [0, 0.1) is 0 Å². The van der Waals surface area contributed by atoms with Gasteiger partial charge < -0.3 is 24.4 Å². The maximum absolute atomic E-state index is 14.1. The molecule has 220 valence electrons. The highest BCUT2D eigenvalue weighted by molar-refractivity contribution is 5.86. The summed E-state index contributed by atoms with van der Waals surface area (Å²) >= 11 is 0. The number of amides is 2. The van der Waals surface area contributed by atoms with Crippen LogP contribution in [-0.2, 0) is 14.3 Å². The SMILES string of the molecule is CN1CCC(N(C(=O)OCC2c3ccccc3-c3ccccc32)C2(C(=O)O)CCCN(C(=O)OC(C)(C)C)C2)CC1. The van der Waals surface area contributed by atoms with Crippen LogP contribution in [0.5, 0.6) is 0 Å². The van der Waals surface area contributed by atoms with Gasteiger partial charge in [0.05, 0.1) is 6.54 Å². The Morgan fingerprint density at radius 2 is 1.56 bits per heavy atom. The molecule has 2 amide bonds. The third kappa shape index (κ3) is 5.77. The number of aliphatic carboxylic acids is 1. The van der Waals surface area contributed by atoms with Gasteiger partial charge in [0.25, 0.3) is 0 Å². The zero-order chi connectivity index (χ0) is 29.4. The molecule has 2 aromatic carbocycles. The van der Waals surface area contributed by atoms with Crippen LogP contribution in [0.25, 0.3) is 11.1 Å². The van der Waals surface area contributed by atoms with Gasteiger partial charge in [-0.1, -0.05) is 48.5 Å². The van der Waals surface area contributed by atoms with E-state index in [0.717, 1.165) is 35.3 Å². The molecule has 2 heterocycles. The molecule has 5 rings (SSSR count). The van der Waals surface area contributed by atoms with Gasteiger partial charge in [0.2, 0.25) is 0 Å². The second-order valence-electron chi connectivity index (χ2n) is 12.6. The quantitative estimate of drug-likeness (QED) is 0.535. The van der Waals surface area contributed by atoms with Gasteiger partial charge >= 0.3 is 18.2 Å². The highest BCUT2D eigenvalue weighted by atomic mass is 16.6. The van der Waals surface area contributed by atoms with E-state index in [1.807, 2.05) is 31.3 Å². The molecule has 9 nitrogen and oxygen atoms in total. The number of benzene rings is 2. The molecule has 1 aliphatic carbocycles. The molecule has 1 N–H and O–H groups in total. The van der Waals surface area contributed by atoms with E-state index in [1.165, 1.54) is 9.80 Å². The zero-order valence-corrected chi connectivity index (χ0v) is 24.5. The summed E-state index contributed by atoms with van der Waals surface area (Å²) in [6, 6.07) is 15.9. The van der Waals surface area contributed by atoms with Crippen molar-refractivity contribution in [2.75, 3.05) is 39.8 Å². The number of fused-ring (bicyclic) bond motifs is 3. The standard InChI is InChI=1S/C32H41N3O6/c1-31(2,3)41-29(38)34-17-9-16-32(21-34,28(36)37)35(22-14-18-33(4)19-15-22)30(39)40-20-27-25-12-7-5-10-23(25)24-11-6-8-13-26(24)27/h5-8,10-13,22,27H,9,14-21H2,1-4H3,(H,36,37). The summed E-state index contributed by atoms with van der Waals surface area (Å²) in [6.07, 6.45) is 0.710. The minimum Gasteiger partial charge on any atom is -0.479 e. The molecule has 2 fully saturated rings. The predicted molar refractivity (Wildman–Crippen MR) is 155 cm³/mol. The third-order valence-corrected chi connectivity index (χ3v) is 8.57. The van der Waals surface area contributed by atoms with Gasteiger partial charge in [-0.2, -0.15) is 0 Å². The summed E-state index contributed by atoms with van der Waals surface area (Å²) < 4.78 is 11.6. The first-order valence-corrected chi connectivity index (χ1v) is 14.5. The Labute approximate surface area is 242 Å². The minimum absolute atomic E-state index is 0.0987. The van der Waals surface area contributed by atoms with Crippen molar-refractivity contribution in [1.82, 2.24) is 14.7 Å². The Bertz CT molecular complexity index is 1250. The van der Waals surface area contributed by atoms with E-state index < -0.39 is 29.3 Å². The number of likely N-dealkylation sites (tertiary alicyclic amines) is 2. The summed E-state index contributed by atoms with van der Waals surface area (Å²) in [4.78, 5) is 45.4. The topological polar surface area (TPSA) is 99.6 Å². The smallest absolute Gasteiger partial charge is 0.411 e. The molecule has 0 spiro atoms. The first-order valence-electron chi connectivity index (χ1n) is 14.5. The van der Waals surface area contributed by atoms with Gasteiger partial charge in [0, 0.05) is 18.5 Å². The molecule has 0 radical (unpaired) electrons. The number of carbonyl (C=O) groups excluding carboxylic acids is 2. The van der Waals surface area contributed by atoms with Crippen molar-refractivity contribution in [3.05, 3.63) is 59.7 Å². The molecule has 3 aliphatic rings. The summed E-state index contributed by atoms with van der Waals surface area (Å²) in [6.45, 7) is 7.14. The van der Waals surface area contributed by atoms with Crippen LogP contribution in [-0.4, -0.2) is 95.0 Å². The van der Waals surface area contributed by atoms with Crippen LogP contribution >= 0.6 is 0 Å². The molecular weight excluding hydrogens is 522 g/mol. The van der Waals surface area contributed by atoms with E-state index in [1.54, 1.807) is 20.8 Å². The van der Waals surface area contributed by atoms with Crippen molar-refractivity contribution in [3.8, 4) is 11.1 Å². The van der Waals surface area contributed by atoms with Crippen LogP contribution < -0.4 is 0 Å². The van der Waals surface area contributed by atoms with Crippen molar-refractivity contribution in [1.29, 1.82) is 0 Å². The number of nitrogens with zero attached hydrogens (tertiary/aromatic N) is 3. The van der Waals surface area contributed by atoms with Crippen molar-refractivity contribution in [2.24, 2.45) is 0 Å². The number of ether oxygens (including phenoxy) is 2. The normalized spacial score (nSPS) is 21.6. The van der Waals surface area contributed by atoms with E-state index in [2.05, 4.69) is 29.2 Å². The summed E-state index contributed by atoms with van der Waals surface area (Å²) in [5.41, 5.74) is 2.10. The van der Waals surface area contributed by atoms with E-state index in [9.17, 15) is 19.5 Å². The number of piperidine rings is 2. The van der Waals surface area contributed by atoms with Crippen molar-refractivity contribution in [3.63, 3.8) is 0 Å². The Morgan fingerprint density at radius 3 is 2.12 bits per heavy atom. The lowest BCUT2D eigenvalue weighted by molar-refractivity contribution is -0.157. The van der Waals surface area contributed by atoms with E-state index >= 15 is 0 Å². The zero-order valence-electron chi connectivity index (χ0n) is 24.5. The second-order valence-corrected chi connectivity index (χ2v) is 12.6. The van der Waals surface area contributed by atoms with Crippen LogP contribution in [0.4, 0.5) is 9.59 Å². The molecule has 0 bridgehead atoms. The fraction of sp³-hybridized carbons (Fsp3) is 0.531. The lowest BCUT2D eigenvalue weighted by Crippen LogP contribution is -2.68. The fourth-order valence-electron chi connectivity index (χ4n) is 6.58. The largest absolute Gasteiger partial charge is 0.479 e. The predicted octanol–water partition coefficient (Wildman–Crippen LogP) is 5.19. The van der Waals surface area contributed by atoms with Crippen LogP contribution in [0.3, 0.4) is 0 Å². The van der Waals surface area contributed by atoms with E-state index in [4.69, 9.17) is 9.47 Å². The molecule has 1 unspecified atom stereocenters. The Balaban J connectivity index is 1.44. The van der Waals surface area contributed by atoms with Crippen molar-refractivity contribution >= 4 is 18.2 Å². The van der Waals surface area contributed by atoms with E-state index in [-0.39, 0.29) is 31.5 Å². The number of carboxylic acid groups (broad SMARTS) is 1. The Hall–Kier alpha value is -3.59. The number of rotatable bonds is 5. The van der Waals surface area contributed by atoms with Gasteiger partial charge in [-0.05, 0) is 88.8 Å². The molecule has 0 aromatic heterocycles. The van der Waals surface area contributed by atoms with Gasteiger partial charge in [-0.3, -0.25) is 4.90 Å². The number of hydrogen-bond acceptors (Lipinski definition) is 6. The fourth-order valence-corrected chi connectivity index (χ4v) is 6.58. The molecule has 41 heavy (non-hydrogen) atoms. The molecular formula is C32H41N3O6. The molecule has 0 saturated carbocycles. The van der Waals surface area contributed by atoms with Crippen LogP contribution in [0.15, 0.2) is 48.5 Å². The highest BCUT2D eigenvalue weighted by Gasteiger charge is 2.54. The molecule has 9 heteroatoms. The Kier molecular flexibility index (Phi) is 8.01. The van der Waals surface area contributed by atoms with Crippen molar-refractivity contribution < 1.29 is 29.0 Å². The average Bonchev–Trinajstić information content (AvgIpc) is 3.26. The van der Waals surface area contributed by atoms with Crippen LogP contribution in [0.1, 0.15) is 63.5 Å². The lowest BCUT2D eigenvalue weighted by Gasteiger charge is -2.50. The lowest BCUT2D eigenvalue weighted by atomic mass is 9.84. The molecule has 2 aliphatic heterocycles. The minimum atomic E-state index is -1.61. The van der Waals surface area contributed by atoms with Gasteiger partial charge in [-0.15, -0.1) is 0 Å². The first kappa shape index (κ1) is 28.9. The first-order chi connectivity index (χ1) is 19.5. The van der Waals surface area contributed by atoms with Gasteiger partial charge in [-0.25, -0.2) is 14.4 Å². The number of carbonyl (C=O) groups is 3. The van der Waals surface area contributed by atoms with E-state index in [0.29, 0.717) is 25.8 Å². The van der Waals surface area contributed by atoms with Gasteiger partial charge in [0.1, 0.15) is 12.2 Å². The summed E-state index contributed by atoms with van der Waals surface area (Å²) in [5, 5.41) is 10.7. The molecule has 2 saturated heterocycles. The number of hydrogen-bond donors (Lipinski definition) is 1. The van der Waals surface area contributed by atoms with Crippen molar-refractivity contribution in [2.45, 2.75) is 69.6 Å². The Morgan fingerprint density at radius 1 is 0.976 bits per heavy atom. The van der Waals surface area contributed by atoms with Crippen LogP contribution in [0.2, 0.25) is 0 Å².